The number of aryl methyl sites for hydroxylation is 1. The quantitative estimate of drug-likeness (QED) is 0.685. The zero-order chi connectivity index (χ0) is 16.5. The SMILES string of the molecule is Cc1cc2c(N3CCC(C)CC3)nc(Cc3ccccc3)nc2s1. The molecular formula is C20H23N3S. The Morgan fingerprint density at radius 3 is 2.62 bits per heavy atom. The third-order valence-electron chi connectivity index (χ3n) is 4.83. The first-order valence-electron chi connectivity index (χ1n) is 8.75. The van der Waals surface area contributed by atoms with Crippen LogP contribution in [0.4, 0.5) is 5.82 Å². The molecule has 0 unspecified atom stereocenters. The Balaban J connectivity index is 1.73. The van der Waals surface area contributed by atoms with Gasteiger partial charge in [0.15, 0.2) is 0 Å². The largest absolute Gasteiger partial charge is 0.356 e. The van der Waals surface area contributed by atoms with Crippen LogP contribution in [0, 0.1) is 12.8 Å². The summed E-state index contributed by atoms with van der Waals surface area (Å²) in [7, 11) is 0. The molecule has 1 aliphatic rings. The highest BCUT2D eigenvalue weighted by atomic mass is 32.1. The smallest absolute Gasteiger partial charge is 0.141 e. The van der Waals surface area contributed by atoms with Crippen LogP contribution < -0.4 is 4.90 Å². The van der Waals surface area contributed by atoms with Gasteiger partial charge >= 0.3 is 0 Å². The van der Waals surface area contributed by atoms with E-state index in [1.807, 2.05) is 0 Å². The number of thiophene rings is 1. The summed E-state index contributed by atoms with van der Waals surface area (Å²) in [5.74, 6) is 2.90. The van der Waals surface area contributed by atoms with E-state index >= 15 is 0 Å². The molecule has 4 rings (SSSR count). The van der Waals surface area contributed by atoms with Gasteiger partial charge < -0.3 is 4.90 Å². The van der Waals surface area contributed by atoms with E-state index in [4.69, 9.17) is 9.97 Å². The third-order valence-corrected chi connectivity index (χ3v) is 5.77. The molecule has 1 aliphatic heterocycles. The first-order chi connectivity index (χ1) is 11.7. The molecule has 0 aliphatic carbocycles. The van der Waals surface area contributed by atoms with E-state index in [1.54, 1.807) is 11.3 Å². The number of hydrogen-bond donors (Lipinski definition) is 0. The molecule has 1 aromatic carbocycles. The van der Waals surface area contributed by atoms with Crippen LogP contribution in [0.5, 0.6) is 0 Å². The Morgan fingerprint density at radius 2 is 1.88 bits per heavy atom. The lowest BCUT2D eigenvalue weighted by atomic mass is 9.99. The van der Waals surface area contributed by atoms with E-state index in [9.17, 15) is 0 Å². The molecule has 0 atom stereocenters. The van der Waals surface area contributed by atoms with Crippen molar-refractivity contribution in [3.8, 4) is 0 Å². The van der Waals surface area contributed by atoms with Gasteiger partial charge in [-0.05, 0) is 37.3 Å². The highest BCUT2D eigenvalue weighted by molar-refractivity contribution is 7.18. The molecule has 2 aromatic heterocycles. The lowest BCUT2D eigenvalue weighted by Crippen LogP contribution is -2.33. The number of nitrogens with zero attached hydrogens (tertiary/aromatic N) is 3. The Kier molecular flexibility index (Phi) is 4.23. The van der Waals surface area contributed by atoms with Gasteiger partial charge in [-0.2, -0.15) is 0 Å². The highest BCUT2D eigenvalue weighted by Gasteiger charge is 2.21. The summed E-state index contributed by atoms with van der Waals surface area (Å²) in [4.78, 5) is 14.7. The number of hydrogen-bond acceptors (Lipinski definition) is 4. The van der Waals surface area contributed by atoms with Crippen molar-refractivity contribution < 1.29 is 0 Å². The molecule has 0 N–H and O–H groups in total. The van der Waals surface area contributed by atoms with E-state index in [-0.39, 0.29) is 0 Å². The van der Waals surface area contributed by atoms with Gasteiger partial charge in [0.25, 0.3) is 0 Å². The van der Waals surface area contributed by atoms with E-state index in [2.05, 4.69) is 55.1 Å². The number of piperidine rings is 1. The Hall–Kier alpha value is -1.94. The second-order valence-electron chi connectivity index (χ2n) is 6.87. The van der Waals surface area contributed by atoms with Crippen molar-refractivity contribution in [1.82, 2.24) is 9.97 Å². The summed E-state index contributed by atoms with van der Waals surface area (Å²) in [6.45, 7) is 6.72. The minimum absolute atomic E-state index is 0.797. The number of fused-ring (bicyclic) bond motifs is 1. The highest BCUT2D eigenvalue weighted by Crippen LogP contribution is 2.33. The van der Waals surface area contributed by atoms with Crippen LogP contribution in [0.15, 0.2) is 36.4 Å². The van der Waals surface area contributed by atoms with Gasteiger partial charge in [0.1, 0.15) is 16.5 Å². The maximum Gasteiger partial charge on any atom is 0.141 e. The summed E-state index contributed by atoms with van der Waals surface area (Å²) in [5.41, 5.74) is 1.27. The van der Waals surface area contributed by atoms with Crippen molar-refractivity contribution in [1.29, 1.82) is 0 Å². The average Bonchev–Trinajstić information content (AvgIpc) is 2.96. The third kappa shape index (κ3) is 3.16. The monoisotopic (exact) mass is 337 g/mol. The summed E-state index contributed by atoms with van der Waals surface area (Å²) >= 11 is 1.78. The minimum Gasteiger partial charge on any atom is -0.356 e. The van der Waals surface area contributed by atoms with E-state index in [1.165, 1.54) is 28.7 Å². The zero-order valence-electron chi connectivity index (χ0n) is 14.3. The predicted octanol–water partition coefficient (Wildman–Crippen LogP) is 4.83. The van der Waals surface area contributed by atoms with Crippen molar-refractivity contribution in [2.24, 2.45) is 5.92 Å². The first-order valence-corrected chi connectivity index (χ1v) is 9.56. The topological polar surface area (TPSA) is 29.0 Å². The summed E-state index contributed by atoms with van der Waals surface area (Å²) < 4.78 is 0. The summed E-state index contributed by atoms with van der Waals surface area (Å²) in [5, 5.41) is 1.23. The van der Waals surface area contributed by atoms with Gasteiger partial charge in [0, 0.05) is 24.4 Å². The van der Waals surface area contributed by atoms with Crippen LogP contribution in [-0.2, 0) is 6.42 Å². The van der Waals surface area contributed by atoms with Gasteiger partial charge in [-0.1, -0.05) is 37.3 Å². The molecule has 0 saturated carbocycles. The molecule has 4 heteroatoms. The van der Waals surface area contributed by atoms with Crippen molar-refractivity contribution in [2.45, 2.75) is 33.1 Å². The standard InChI is InChI=1S/C20H23N3S/c1-14-8-10-23(11-9-14)19-17-12-15(2)24-20(17)22-18(21-19)13-16-6-4-3-5-7-16/h3-7,12,14H,8-11,13H2,1-2H3. The van der Waals surface area contributed by atoms with Crippen molar-refractivity contribution >= 4 is 27.4 Å². The first kappa shape index (κ1) is 15.6. The van der Waals surface area contributed by atoms with Gasteiger partial charge in [0.2, 0.25) is 0 Å². The van der Waals surface area contributed by atoms with Crippen molar-refractivity contribution in [3.05, 3.63) is 52.7 Å². The lowest BCUT2D eigenvalue weighted by molar-refractivity contribution is 0.437. The Labute approximate surface area is 147 Å². The molecular weight excluding hydrogens is 314 g/mol. The average molecular weight is 337 g/mol. The fraction of sp³-hybridized carbons (Fsp3) is 0.400. The summed E-state index contributed by atoms with van der Waals surface area (Å²) in [6, 6.07) is 12.8. The molecule has 1 fully saturated rings. The van der Waals surface area contributed by atoms with Crippen LogP contribution in [0.25, 0.3) is 10.2 Å². The molecule has 3 aromatic rings. The molecule has 0 radical (unpaired) electrons. The van der Waals surface area contributed by atoms with Gasteiger partial charge in [-0.15, -0.1) is 11.3 Å². The fourth-order valence-corrected chi connectivity index (χ4v) is 4.28. The maximum atomic E-state index is 4.98. The molecule has 0 spiro atoms. The van der Waals surface area contributed by atoms with E-state index < -0.39 is 0 Å². The van der Waals surface area contributed by atoms with Gasteiger partial charge in [-0.3, -0.25) is 0 Å². The second-order valence-corrected chi connectivity index (χ2v) is 8.11. The number of aromatic nitrogens is 2. The summed E-state index contributed by atoms with van der Waals surface area (Å²) in [6.07, 6.45) is 3.30. The van der Waals surface area contributed by atoms with Crippen LogP contribution >= 0.6 is 11.3 Å². The predicted molar refractivity (Wildman–Crippen MR) is 102 cm³/mol. The van der Waals surface area contributed by atoms with Crippen LogP contribution in [-0.4, -0.2) is 23.1 Å². The van der Waals surface area contributed by atoms with Gasteiger partial charge in [-0.25, -0.2) is 9.97 Å². The lowest BCUT2D eigenvalue weighted by Gasteiger charge is -2.31. The van der Waals surface area contributed by atoms with Crippen molar-refractivity contribution in [2.75, 3.05) is 18.0 Å². The molecule has 0 bridgehead atoms. The van der Waals surface area contributed by atoms with Crippen LogP contribution in [0.3, 0.4) is 0 Å². The fourth-order valence-electron chi connectivity index (χ4n) is 3.39. The maximum absolute atomic E-state index is 4.98. The molecule has 3 nitrogen and oxygen atoms in total. The van der Waals surface area contributed by atoms with Gasteiger partial charge in [0.05, 0.1) is 5.39 Å². The number of rotatable bonds is 3. The molecule has 0 amide bonds. The van der Waals surface area contributed by atoms with Crippen LogP contribution in [0.2, 0.25) is 0 Å². The molecule has 124 valence electrons. The second kappa shape index (κ2) is 6.52. The minimum atomic E-state index is 0.797. The molecule has 24 heavy (non-hydrogen) atoms. The molecule has 1 saturated heterocycles. The Morgan fingerprint density at radius 1 is 1.12 bits per heavy atom. The Bertz CT molecular complexity index is 833. The van der Waals surface area contributed by atoms with Crippen molar-refractivity contribution in [3.63, 3.8) is 0 Å². The number of anilines is 1. The normalized spacial score (nSPS) is 16.0. The van der Waals surface area contributed by atoms with Crippen LogP contribution in [0.1, 0.15) is 36.0 Å². The number of benzene rings is 1. The van der Waals surface area contributed by atoms with E-state index in [0.717, 1.165) is 41.9 Å². The zero-order valence-corrected chi connectivity index (χ0v) is 15.1. The molecule has 3 heterocycles. The van der Waals surface area contributed by atoms with E-state index in [0.29, 0.717) is 0 Å².